The Morgan fingerprint density at radius 2 is 2.05 bits per heavy atom. The fourth-order valence-corrected chi connectivity index (χ4v) is 2.89. The zero-order valence-corrected chi connectivity index (χ0v) is 12.9. The highest BCUT2D eigenvalue weighted by Crippen LogP contribution is 2.29. The van der Waals surface area contributed by atoms with E-state index in [1.807, 2.05) is 18.7 Å². The number of aliphatic hydroxyl groups is 1. The number of carbonyl (C=O) groups is 1. The molecule has 0 spiro atoms. The van der Waals surface area contributed by atoms with Gasteiger partial charge in [-0.1, -0.05) is 11.3 Å². The first-order valence-electron chi connectivity index (χ1n) is 6.64. The largest absolute Gasteiger partial charge is 0.395 e. The maximum absolute atomic E-state index is 12.5. The minimum atomic E-state index is -2.67. The van der Waals surface area contributed by atoms with E-state index < -0.39 is 18.9 Å². The number of aromatic nitrogens is 1. The fourth-order valence-electron chi connectivity index (χ4n) is 1.81. The van der Waals surface area contributed by atoms with E-state index in [1.165, 1.54) is 0 Å². The van der Waals surface area contributed by atoms with Gasteiger partial charge in [0.05, 0.1) is 13.2 Å². The lowest BCUT2D eigenvalue weighted by Gasteiger charge is -2.20. The second kappa shape index (κ2) is 8.08. The molecule has 0 bridgehead atoms. The van der Waals surface area contributed by atoms with Gasteiger partial charge in [-0.05, 0) is 13.8 Å². The van der Waals surface area contributed by atoms with Crippen molar-refractivity contribution in [2.24, 2.45) is 0 Å². The Hall–Kier alpha value is -1.48. The van der Waals surface area contributed by atoms with Crippen LogP contribution >= 0.6 is 11.3 Å². The molecule has 0 aliphatic heterocycles. The second-order valence-electron chi connectivity index (χ2n) is 4.25. The number of anilines is 2. The number of nitrogens with two attached hydrogens (primary N) is 1. The van der Waals surface area contributed by atoms with Crippen LogP contribution in [0.2, 0.25) is 0 Å². The van der Waals surface area contributed by atoms with Crippen LogP contribution in [0.3, 0.4) is 0 Å². The van der Waals surface area contributed by atoms with Gasteiger partial charge in [0.25, 0.3) is 12.3 Å². The van der Waals surface area contributed by atoms with E-state index >= 15 is 0 Å². The third-order valence-electron chi connectivity index (χ3n) is 2.89. The van der Waals surface area contributed by atoms with Crippen molar-refractivity contribution in [2.45, 2.75) is 20.3 Å². The van der Waals surface area contributed by atoms with Crippen molar-refractivity contribution in [2.75, 3.05) is 43.4 Å². The molecular weight excluding hydrogens is 302 g/mol. The topological polar surface area (TPSA) is 82.7 Å². The Morgan fingerprint density at radius 3 is 2.52 bits per heavy atom. The first-order valence-corrected chi connectivity index (χ1v) is 7.45. The predicted molar refractivity (Wildman–Crippen MR) is 79.1 cm³/mol. The number of nitrogens with zero attached hydrogens (tertiary/aromatic N) is 3. The maximum Gasteiger partial charge on any atom is 0.268 e. The summed E-state index contributed by atoms with van der Waals surface area (Å²) in [5, 5.41) is 9.48. The number of halogens is 2. The Morgan fingerprint density at radius 1 is 1.43 bits per heavy atom. The SMILES string of the molecule is CCN(CC)c1nc(N)c(C(=O)N(CCO)CC(F)F)s1. The van der Waals surface area contributed by atoms with Crippen molar-refractivity contribution in [1.29, 1.82) is 0 Å². The highest BCUT2D eigenvalue weighted by Gasteiger charge is 2.25. The third kappa shape index (κ3) is 4.50. The van der Waals surface area contributed by atoms with Crippen LogP contribution in [0.4, 0.5) is 19.7 Å². The lowest BCUT2D eigenvalue weighted by Crippen LogP contribution is -2.37. The number of carbonyl (C=O) groups excluding carboxylic acids is 1. The van der Waals surface area contributed by atoms with E-state index in [0.29, 0.717) is 18.2 Å². The average molecular weight is 322 g/mol. The standard InChI is InChI=1S/C12H20F2N4O2S/c1-3-17(4-2)12-16-10(15)9(21-12)11(20)18(5-6-19)7-8(13)14/h8,19H,3-7,15H2,1-2H3. The molecule has 120 valence electrons. The van der Waals surface area contributed by atoms with Crippen molar-refractivity contribution < 1.29 is 18.7 Å². The van der Waals surface area contributed by atoms with Crippen LogP contribution in [-0.2, 0) is 0 Å². The van der Waals surface area contributed by atoms with E-state index in [1.54, 1.807) is 0 Å². The zero-order chi connectivity index (χ0) is 16.0. The van der Waals surface area contributed by atoms with Crippen molar-refractivity contribution in [3.8, 4) is 0 Å². The Bertz CT molecular complexity index is 466. The van der Waals surface area contributed by atoms with Gasteiger partial charge in [0, 0.05) is 19.6 Å². The molecule has 0 radical (unpaired) electrons. The molecule has 0 fully saturated rings. The molecule has 21 heavy (non-hydrogen) atoms. The highest BCUT2D eigenvalue weighted by atomic mass is 32.1. The summed E-state index contributed by atoms with van der Waals surface area (Å²) in [7, 11) is 0. The van der Waals surface area contributed by atoms with Gasteiger partial charge in [0.2, 0.25) is 0 Å². The molecule has 3 N–H and O–H groups in total. The monoisotopic (exact) mass is 322 g/mol. The molecule has 0 aliphatic rings. The smallest absolute Gasteiger partial charge is 0.268 e. The van der Waals surface area contributed by atoms with Gasteiger partial charge in [0.15, 0.2) is 5.13 Å². The number of amides is 1. The second-order valence-corrected chi connectivity index (χ2v) is 5.23. The first-order chi connectivity index (χ1) is 9.94. The molecular formula is C12H20F2N4O2S. The van der Waals surface area contributed by atoms with E-state index in [-0.39, 0.29) is 23.8 Å². The van der Waals surface area contributed by atoms with Gasteiger partial charge < -0.3 is 20.6 Å². The molecule has 0 aromatic carbocycles. The van der Waals surface area contributed by atoms with Gasteiger partial charge in [-0.2, -0.15) is 0 Å². The van der Waals surface area contributed by atoms with Crippen molar-refractivity contribution in [1.82, 2.24) is 9.88 Å². The highest BCUT2D eigenvalue weighted by molar-refractivity contribution is 7.18. The van der Waals surface area contributed by atoms with Crippen LogP contribution in [0, 0.1) is 0 Å². The summed E-state index contributed by atoms with van der Waals surface area (Å²) >= 11 is 1.08. The third-order valence-corrected chi connectivity index (χ3v) is 4.01. The molecule has 1 rings (SSSR count). The predicted octanol–water partition coefficient (Wildman–Crippen LogP) is 1.27. The Balaban J connectivity index is 2.99. The average Bonchev–Trinajstić information content (AvgIpc) is 2.80. The molecule has 1 aromatic heterocycles. The van der Waals surface area contributed by atoms with E-state index in [4.69, 9.17) is 10.8 Å². The van der Waals surface area contributed by atoms with Crippen LogP contribution in [0.15, 0.2) is 0 Å². The van der Waals surface area contributed by atoms with Gasteiger partial charge in [-0.15, -0.1) is 0 Å². The van der Waals surface area contributed by atoms with E-state index in [2.05, 4.69) is 4.98 Å². The number of thiazole rings is 1. The lowest BCUT2D eigenvalue weighted by molar-refractivity contribution is 0.0514. The molecule has 0 saturated carbocycles. The van der Waals surface area contributed by atoms with Gasteiger partial charge in [-0.25, -0.2) is 13.8 Å². The molecule has 0 saturated heterocycles. The van der Waals surface area contributed by atoms with Crippen LogP contribution in [0.1, 0.15) is 23.5 Å². The van der Waals surface area contributed by atoms with Crippen LogP contribution in [0.25, 0.3) is 0 Å². The lowest BCUT2D eigenvalue weighted by atomic mass is 10.4. The van der Waals surface area contributed by atoms with Crippen LogP contribution < -0.4 is 10.6 Å². The fraction of sp³-hybridized carbons (Fsp3) is 0.667. The number of rotatable bonds is 8. The molecule has 0 atom stereocenters. The molecule has 1 heterocycles. The first kappa shape index (κ1) is 17.6. The number of hydrogen-bond acceptors (Lipinski definition) is 6. The van der Waals surface area contributed by atoms with Crippen molar-refractivity contribution in [3.05, 3.63) is 4.88 Å². The number of aliphatic hydroxyl groups excluding tert-OH is 1. The summed E-state index contributed by atoms with van der Waals surface area (Å²) in [6.07, 6.45) is -2.67. The molecule has 0 unspecified atom stereocenters. The summed E-state index contributed by atoms with van der Waals surface area (Å²) in [4.78, 5) is 19.3. The zero-order valence-electron chi connectivity index (χ0n) is 12.1. The van der Waals surface area contributed by atoms with Gasteiger partial charge in [0.1, 0.15) is 10.7 Å². The number of hydrogen-bond donors (Lipinski definition) is 2. The minimum absolute atomic E-state index is 0.0316. The van der Waals surface area contributed by atoms with Crippen molar-refractivity contribution >= 4 is 28.2 Å². The summed E-state index contributed by atoms with van der Waals surface area (Å²) in [5.41, 5.74) is 5.73. The quantitative estimate of drug-likeness (QED) is 0.753. The number of nitrogen functional groups attached to an aromatic ring is 1. The molecule has 9 heteroatoms. The minimum Gasteiger partial charge on any atom is -0.395 e. The molecule has 1 aromatic rings. The summed E-state index contributed by atoms with van der Waals surface area (Å²) in [6.45, 7) is 4.00. The molecule has 1 amide bonds. The molecule has 6 nitrogen and oxygen atoms in total. The van der Waals surface area contributed by atoms with Crippen LogP contribution in [-0.4, -0.2) is 60.1 Å². The Labute approximate surface area is 126 Å². The summed E-state index contributed by atoms with van der Waals surface area (Å²) < 4.78 is 25.0. The Kier molecular flexibility index (Phi) is 6.76. The summed E-state index contributed by atoms with van der Waals surface area (Å²) in [6, 6.07) is 0. The molecule has 0 aliphatic carbocycles. The van der Waals surface area contributed by atoms with E-state index in [0.717, 1.165) is 16.2 Å². The van der Waals surface area contributed by atoms with E-state index in [9.17, 15) is 13.6 Å². The van der Waals surface area contributed by atoms with Gasteiger partial charge >= 0.3 is 0 Å². The maximum atomic E-state index is 12.5. The van der Waals surface area contributed by atoms with Crippen molar-refractivity contribution in [3.63, 3.8) is 0 Å². The summed E-state index contributed by atoms with van der Waals surface area (Å²) in [5.74, 6) is -0.595. The van der Waals surface area contributed by atoms with Crippen LogP contribution in [0.5, 0.6) is 0 Å². The van der Waals surface area contributed by atoms with Gasteiger partial charge in [-0.3, -0.25) is 4.79 Å². The normalized spacial score (nSPS) is 11.0. The number of alkyl halides is 2.